The van der Waals surface area contributed by atoms with Crippen LogP contribution in [0.2, 0.25) is 4.34 Å². The number of piperidine rings is 1. The molecule has 0 aliphatic carbocycles. The third kappa shape index (κ3) is 5.09. The highest BCUT2D eigenvalue weighted by atomic mass is 127. The van der Waals surface area contributed by atoms with Gasteiger partial charge in [0.05, 0.1) is 10.9 Å². The predicted octanol–water partition coefficient (Wildman–Crippen LogP) is 2.85. The minimum atomic E-state index is -0.620. The Morgan fingerprint density at radius 1 is 1.42 bits per heavy atom. The molecule has 1 aromatic heterocycles. The highest BCUT2D eigenvalue weighted by Gasteiger charge is 2.14. The lowest BCUT2D eigenvalue weighted by molar-refractivity contribution is 0.190. The highest BCUT2D eigenvalue weighted by molar-refractivity contribution is 14.0. The Bertz CT molecular complexity index is 421. The van der Waals surface area contributed by atoms with Crippen molar-refractivity contribution in [2.24, 2.45) is 10.7 Å². The number of rotatable bonds is 3. The average Bonchev–Trinajstić information content (AvgIpc) is 2.83. The van der Waals surface area contributed by atoms with Gasteiger partial charge in [-0.25, -0.2) is 0 Å². The second kappa shape index (κ2) is 8.28. The van der Waals surface area contributed by atoms with Gasteiger partial charge in [0.25, 0.3) is 0 Å². The molecule has 2 heterocycles. The summed E-state index contributed by atoms with van der Waals surface area (Å²) < 4.78 is 0.678. The first-order valence-electron chi connectivity index (χ1n) is 6.15. The molecule has 1 aliphatic rings. The summed E-state index contributed by atoms with van der Waals surface area (Å²) in [6, 6.07) is 3.60. The smallest absolute Gasteiger partial charge is 0.191 e. The van der Waals surface area contributed by atoms with Crippen LogP contribution in [0.25, 0.3) is 0 Å². The standard InChI is InChI=1S/C12H18ClN3OS.HI/c13-11-5-4-10(18-11)9(17)8-15-12(14)16-6-2-1-3-7-16;/h4-5,9,17H,1-3,6-8H2,(H2,14,15);1H. The maximum atomic E-state index is 9.95. The van der Waals surface area contributed by atoms with Gasteiger partial charge in [0.2, 0.25) is 0 Å². The lowest BCUT2D eigenvalue weighted by Gasteiger charge is -2.27. The maximum absolute atomic E-state index is 9.95. The van der Waals surface area contributed by atoms with Crippen molar-refractivity contribution in [2.45, 2.75) is 25.4 Å². The van der Waals surface area contributed by atoms with Crippen LogP contribution in [0.4, 0.5) is 0 Å². The molecule has 1 aromatic rings. The van der Waals surface area contributed by atoms with Crippen LogP contribution in [0.15, 0.2) is 17.1 Å². The fraction of sp³-hybridized carbons (Fsp3) is 0.583. The number of nitrogens with zero attached hydrogens (tertiary/aromatic N) is 2. The molecule has 1 aliphatic heterocycles. The number of halogens is 2. The third-order valence-corrected chi connectivity index (χ3v) is 4.36. The Kier molecular flexibility index (Phi) is 7.41. The summed E-state index contributed by atoms with van der Waals surface area (Å²) in [6.07, 6.45) is 2.98. The minimum Gasteiger partial charge on any atom is -0.386 e. The molecule has 1 fully saturated rings. The van der Waals surface area contributed by atoms with E-state index in [-0.39, 0.29) is 24.0 Å². The molecule has 19 heavy (non-hydrogen) atoms. The van der Waals surface area contributed by atoms with Crippen LogP contribution in [-0.4, -0.2) is 35.6 Å². The summed E-state index contributed by atoms with van der Waals surface area (Å²) in [5, 5.41) is 9.95. The molecule has 108 valence electrons. The number of nitrogens with two attached hydrogens (primary N) is 1. The second-order valence-electron chi connectivity index (χ2n) is 4.40. The van der Waals surface area contributed by atoms with E-state index in [1.165, 1.54) is 30.6 Å². The molecule has 3 N–H and O–H groups in total. The average molecular weight is 416 g/mol. The molecule has 1 atom stereocenters. The number of aliphatic hydroxyl groups excluding tert-OH is 1. The predicted molar refractivity (Wildman–Crippen MR) is 91.6 cm³/mol. The van der Waals surface area contributed by atoms with E-state index >= 15 is 0 Å². The fourth-order valence-corrected chi connectivity index (χ4v) is 3.04. The lowest BCUT2D eigenvalue weighted by atomic mass is 10.1. The summed E-state index contributed by atoms with van der Waals surface area (Å²) in [5.41, 5.74) is 5.92. The van der Waals surface area contributed by atoms with Gasteiger partial charge < -0.3 is 15.7 Å². The van der Waals surface area contributed by atoms with E-state index in [4.69, 9.17) is 17.3 Å². The lowest BCUT2D eigenvalue weighted by Crippen LogP contribution is -2.41. The van der Waals surface area contributed by atoms with Crippen molar-refractivity contribution >= 4 is 52.9 Å². The van der Waals surface area contributed by atoms with Crippen LogP contribution in [0.3, 0.4) is 0 Å². The zero-order chi connectivity index (χ0) is 13.0. The molecule has 0 bridgehead atoms. The molecule has 1 unspecified atom stereocenters. The van der Waals surface area contributed by atoms with Crippen molar-refractivity contribution in [3.8, 4) is 0 Å². The molecule has 0 radical (unpaired) electrons. The minimum absolute atomic E-state index is 0. The monoisotopic (exact) mass is 415 g/mol. The summed E-state index contributed by atoms with van der Waals surface area (Å²) in [4.78, 5) is 7.18. The van der Waals surface area contributed by atoms with Crippen molar-refractivity contribution < 1.29 is 5.11 Å². The quantitative estimate of drug-likeness (QED) is 0.453. The molecule has 0 amide bonds. The molecule has 0 aromatic carbocycles. The first kappa shape index (κ1) is 17.0. The van der Waals surface area contributed by atoms with Crippen molar-refractivity contribution in [1.29, 1.82) is 0 Å². The number of hydrogen-bond donors (Lipinski definition) is 2. The molecule has 0 spiro atoms. The number of guanidine groups is 1. The van der Waals surface area contributed by atoms with Crippen LogP contribution in [0.1, 0.15) is 30.2 Å². The largest absolute Gasteiger partial charge is 0.386 e. The summed E-state index contributed by atoms with van der Waals surface area (Å²) in [5.74, 6) is 0.538. The van der Waals surface area contributed by atoms with E-state index < -0.39 is 6.10 Å². The van der Waals surface area contributed by atoms with Crippen LogP contribution < -0.4 is 5.73 Å². The van der Waals surface area contributed by atoms with Crippen LogP contribution in [-0.2, 0) is 0 Å². The Balaban J connectivity index is 0.00000180. The van der Waals surface area contributed by atoms with Gasteiger partial charge in [-0.2, -0.15) is 0 Å². The van der Waals surface area contributed by atoms with Crippen molar-refractivity contribution in [3.05, 3.63) is 21.3 Å². The van der Waals surface area contributed by atoms with Crippen molar-refractivity contribution in [2.75, 3.05) is 19.6 Å². The van der Waals surface area contributed by atoms with Gasteiger partial charge in [-0.3, -0.25) is 4.99 Å². The van der Waals surface area contributed by atoms with Crippen molar-refractivity contribution in [3.63, 3.8) is 0 Å². The van der Waals surface area contributed by atoms with Crippen LogP contribution in [0.5, 0.6) is 0 Å². The summed E-state index contributed by atoms with van der Waals surface area (Å²) in [6.45, 7) is 2.23. The zero-order valence-electron chi connectivity index (χ0n) is 10.6. The fourth-order valence-electron chi connectivity index (χ4n) is 2.00. The zero-order valence-corrected chi connectivity index (χ0v) is 14.5. The first-order chi connectivity index (χ1) is 8.66. The van der Waals surface area contributed by atoms with Gasteiger partial charge in [0.15, 0.2) is 5.96 Å². The molecular weight excluding hydrogens is 397 g/mol. The Morgan fingerprint density at radius 3 is 2.68 bits per heavy atom. The number of likely N-dealkylation sites (tertiary alicyclic amines) is 1. The van der Waals surface area contributed by atoms with Gasteiger partial charge >= 0.3 is 0 Å². The molecule has 1 saturated heterocycles. The van der Waals surface area contributed by atoms with Gasteiger partial charge in [-0.05, 0) is 31.4 Å². The summed E-state index contributed by atoms with van der Waals surface area (Å²) in [7, 11) is 0. The molecular formula is C12H19ClIN3OS. The first-order valence-corrected chi connectivity index (χ1v) is 7.34. The summed E-state index contributed by atoms with van der Waals surface area (Å²) >= 11 is 7.20. The number of thiophene rings is 1. The second-order valence-corrected chi connectivity index (χ2v) is 6.15. The van der Waals surface area contributed by atoms with E-state index in [1.54, 1.807) is 6.07 Å². The van der Waals surface area contributed by atoms with Gasteiger partial charge in [-0.15, -0.1) is 35.3 Å². The van der Waals surface area contributed by atoms with Gasteiger partial charge in [0, 0.05) is 18.0 Å². The van der Waals surface area contributed by atoms with Gasteiger partial charge in [-0.1, -0.05) is 11.6 Å². The number of hydrogen-bond acceptors (Lipinski definition) is 3. The van der Waals surface area contributed by atoms with E-state index in [1.807, 2.05) is 6.07 Å². The highest BCUT2D eigenvalue weighted by Crippen LogP contribution is 2.26. The number of aliphatic imine (C=N–C) groups is 1. The van der Waals surface area contributed by atoms with Gasteiger partial charge in [0.1, 0.15) is 6.10 Å². The van der Waals surface area contributed by atoms with E-state index in [0.29, 0.717) is 16.8 Å². The molecule has 7 heteroatoms. The van der Waals surface area contributed by atoms with E-state index in [0.717, 1.165) is 18.0 Å². The van der Waals surface area contributed by atoms with Crippen LogP contribution >= 0.6 is 46.9 Å². The van der Waals surface area contributed by atoms with Crippen LogP contribution in [0, 0.1) is 0 Å². The topological polar surface area (TPSA) is 61.9 Å². The number of aliphatic hydroxyl groups is 1. The third-order valence-electron chi connectivity index (χ3n) is 3.03. The maximum Gasteiger partial charge on any atom is 0.191 e. The molecule has 4 nitrogen and oxygen atoms in total. The SMILES string of the molecule is I.NC(=NCC(O)c1ccc(Cl)s1)N1CCCCC1. The van der Waals surface area contributed by atoms with Crippen molar-refractivity contribution in [1.82, 2.24) is 4.90 Å². The Hall–Kier alpha value is -0.0500. The molecule has 0 saturated carbocycles. The Labute approximate surface area is 139 Å². The van der Waals surface area contributed by atoms with E-state index in [2.05, 4.69) is 9.89 Å². The molecule has 2 rings (SSSR count). The normalized spacial score (nSPS) is 18.0. The Morgan fingerprint density at radius 2 is 2.11 bits per heavy atom. The van der Waals surface area contributed by atoms with E-state index in [9.17, 15) is 5.11 Å².